The van der Waals surface area contributed by atoms with Gasteiger partial charge in [0.15, 0.2) is 5.82 Å². The van der Waals surface area contributed by atoms with Gasteiger partial charge in [-0.1, -0.05) is 5.16 Å². The van der Waals surface area contributed by atoms with E-state index in [4.69, 9.17) is 9.26 Å². The molecule has 0 aliphatic carbocycles. The van der Waals surface area contributed by atoms with Crippen molar-refractivity contribution in [1.29, 1.82) is 0 Å². The number of aromatic nitrogens is 2. The average molecular weight is 267 g/mol. The van der Waals surface area contributed by atoms with Crippen molar-refractivity contribution in [3.63, 3.8) is 0 Å². The number of nitrogens with zero attached hydrogens (tertiary/aromatic N) is 3. The third kappa shape index (κ3) is 4.22. The maximum absolute atomic E-state index is 11.9. The van der Waals surface area contributed by atoms with E-state index in [1.807, 2.05) is 20.8 Å². The van der Waals surface area contributed by atoms with Gasteiger partial charge < -0.3 is 14.2 Å². The highest BCUT2D eigenvalue weighted by Crippen LogP contribution is 2.22. The van der Waals surface area contributed by atoms with Crippen LogP contribution in [0, 0.1) is 5.92 Å². The third-order valence-electron chi connectivity index (χ3n) is 3.14. The van der Waals surface area contributed by atoms with Gasteiger partial charge in [0.25, 0.3) is 0 Å². The molecule has 0 saturated carbocycles. The zero-order chi connectivity index (χ0) is 13.9. The molecule has 6 nitrogen and oxygen atoms in total. The SMILES string of the molecule is CC(C)(C)OC(=O)N1CCC(Cc2ncon2)CC1. The third-order valence-corrected chi connectivity index (χ3v) is 3.14. The number of hydrogen-bond acceptors (Lipinski definition) is 5. The van der Waals surface area contributed by atoms with Gasteiger partial charge in [0.2, 0.25) is 6.39 Å². The first-order valence-electron chi connectivity index (χ1n) is 6.67. The number of carbonyl (C=O) groups excluding carboxylic acids is 1. The topological polar surface area (TPSA) is 68.5 Å². The Morgan fingerprint density at radius 2 is 2.16 bits per heavy atom. The monoisotopic (exact) mass is 267 g/mol. The van der Waals surface area contributed by atoms with E-state index in [-0.39, 0.29) is 6.09 Å². The summed E-state index contributed by atoms with van der Waals surface area (Å²) < 4.78 is 10.1. The molecular weight excluding hydrogens is 246 g/mol. The van der Waals surface area contributed by atoms with E-state index < -0.39 is 5.60 Å². The lowest BCUT2D eigenvalue weighted by atomic mass is 9.93. The van der Waals surface area contributed by atoms with Crippen molar-refractivity contribution in [2.45, 2.75) is 45.6 Å². The van der Waals surface area contributed by atoms with Gasteiger partial charge in [-0.25, -0.2) is 4.79 Å². The fourth-order valence-electron chi connectivity index (χ4n) is 2.19. The number of hydrogen-bond donors (Lipinski definition) is 0. The zero-order valence-corrected chi connectivity index (χ0v) is 11.8. The van der Waals surface area contributed by atoms with Crippen LogP contribution in [0.25, 0.3) is 0 Å². The van der Waals surface area contributed by atoms with Gasteiger partial charge in [-0.15, -0.1) is 0 Å². The minimum Gasteiger partial charge on any atom is -0.444 e. The number of likely N-dealkylation sites (tertiary alicyclic amines) is 1. The molecular formula is C13H21N3O3. The van der Waals surface area contributed by atoms with Gasteiger partial charge in [-0.2, -0.15) is 4.98 Å². The number of rotatable bonds is 2. The van der Waals surface area contributed by atoms with Crippen LogP contribution in [-0.4, -0.2) is 39.8 Å². The van der Waals surface area contributed by atoms with Crippen molar-refractivity contribution in [3.8, 4) is 0 Å². The van der Waals surface area contributed by atoms with Crippen LogP contribution >= 0.6 is 0 Å². The molecule has 1 aromatic rings. The molecule has 0 aromatic carbocycles. The van der Waals surface area contributed by atoms with E-state index in [0.717, 1.165) is 38.2 Å². The van der Waals surface area contributed by atoms with Crippen LogP contribution in [0.5, 0.6) is 0 Å². The van der Waals surface area contributed by atoms with Gasteiger partial charge in [-0.05, 0) is 39.5 Å². The molecule has 106 valence electrons. The summed E-state index contributed by atoms with van der Waals surface area (Å²) in [4.78, 5) is 17.7. The van der Waals surface area contributed by atoms with Gasteiger partial charge >= 0.3 is 6.09 Å². The largest absolute Gasteiger partial charge is 0.444 e. The van der Waals surface area contributed by atoms with Gasteiger partial charge in [0, 0.05) is 19.5 Å². The van der Waals surface area contributed by atoms with Crippen molar-refractivity contribution in [3.05, 3.63) is 12.2 Å². The van der Waals surface area contributed by atoms with Crippen molar-refractivity contribution < 1.29 is 14.1 Å². The molecule has 0 atom stereocenters. The number of carbonyl (C=O) groups is 1. The van der Waals surface area contributed by atoms with Gasteiger partial charge in [-0.3, -0.25) is 0 Å². The zero-order valence-electron chi connectivity index (χ0n) is 11.8. The Kier molecular flexibility index (Phi) is 4.07. The molecule has 0 N–H and O–H groups in total. The van der Waals surface area contributed by atoms with E-state index in [9.17, 15) is 4.79 Å². The van der Waals surface area contributed by atoms with Gasteiger partial charge in [0.1, 0.15) is 5.60 Å². The fraction of sp³-hybridized carbons (Fsp3) is 0.769. The van der Waals surface area contributed by atoms with Crippen molar-refractivity contribution in [1.82, 2.24) is 15.0 Å². The molecule has 0 spiro atoms. The molecule has 1 aliphatic rings. The van der Waals surface area contributed by atoms with Crippen LogP contribution < -0.4 is 0 Å². The summed E-state index contributed by atoms with van der Waals surface area (Å²) in [5.41, 5.74) is -0.432. The molecule has 1 saturated heterocycles. The number of piperidine rings is 1. The Labute approximate surface area is 113 Å². The van der Waals surface area contributed by atoms with Crippen molar-refractivity contribution >= 4 is 6.09 Å². The van der Waals surface area contributed by atoms with Crippen LogP contribution in [0.1, 0.15) is 39.4 Å². The maximum Gasteiger partial charge on any atom is 0.410 e. The van der Waals surface area contributed by atoms with E-state index in [0.29, 0.717) is 5.92 Å². The fourth-order valence-corrected chi connectivity index (χ4v) is 2.19. The first-order chi connectivity index (χ1) is 8.94. The normalized spacial score (nSPS) is 17.5. The van der Waals surface area contributed by atoms with Crippen LogP contribution in [-0.2, 0) is 11.2 Å². The van der Waals surface area contributed by atoms with E-state index in [2.05, 4.69) is 10.1 Å². The quantitative estimate of drug-likeness (QED) is 0.822. The lowest BCUT2D eigenvalue weighted by molar-refractivity contribution is 0.0183. The molecule has 0 bridgehead atoms. The Balaban J connectivity index is 1.77. The second kappa shape index (κ2) is 5.59. The minimum absolute atomic E-state index is 0.217. The van der Waals surface area contributed by atoms with Crippen molar-refractivity contribution in [2.24, 2.45) is 5.92 Å². The lowest BCUT2D eigenvalue weighted by Gasteiger charge is -2.33. The maximum atomic E-state index is 11.9. The Morgan fingerprint density at radius 1 is 1.47 bits per heavy atom. The lowest BCUT2D eigenvalue weighted by Crippen LogP contribution is -2.42. The summed E-state index contributed by atoms with van der Waals surface area (Å²) in [5.74, 6) is 1.26. The van der Waals surface area contributed by atoms with E-state index in [1.54, 1.807) is 4.90 Å². The Bertz CT molecular complexity index is 403. The summed E-state index contributed by atoms with van der Waals surface area (Å²) >= 11 is 0. The minimum atomic E-state index is -0.432. The summed E-state index contributed by atoms with van der Waals surface area (Å²) in [5, 5.41) is 3.82. The number of amides is 1. The molecule has 2 heterocycles. The molecule has 6 heteroatoms. The summed E-state index contributed by atoms with van der Waals surface area (Å²) in [6.45, 7) is 7.12. The van der Waals surface area contributed by atoms with Gasteiger partial charge in [0.05, 0.1) is 0 Å². The van der Waals surface area contributed by atoms with Crippen molar-refractivity contribution in [2.75, 3.05) is 13.1 Å². The second-order valence-corrected chi connectivity index (χ2v) is 5.96. The summed E-state index contributed by atoms with van der Waals surface area (Å²) in [6.07, 6.45) is 3.86. The van der Waals surface area contributed by atoms with Crippen LogP contribution in [0.4, 0.5) is 4.79 Å². The van der Waals surface area contributed by atoms with E-state index >= 15 is 0 Å². The first kappa shape index (κ1) is 13.8. The molecule has 1 amide bonds. The number of ether oxygens (including phenoxy) is 1. The molecule has 0 unspecified atom stereocenters. The van der Waals surface area contributed by atoms with Crippen LogP contribution in [0.15, 0.2) is 10.9 Å². The van der Waals surface area contributed by atoms with Crippen LogP contribution in [0.2, 0.25) is 0 Å². The summed E-state index contributed by atoms with van der Waals surface area (Å²) in [7, 11) is 0. The molecule has 19 heavy (non-hydrogen) atoms. The smallest absolute Gasteiger partial charge is 0.410 e. The average Bonchev–Trinajstić information content (AvgIpc) is 2.80. The predicted molar refractivity (Wildman–Crippen MR) is 68.5 cm³/mol. The Morgan fingerprint density at radius 3 is 2.68 bits per heavy atom. The highest BCUT2D eigenvalue weighted by molar-refractivity contribution is 5.68. The molecule has 0 radical (unpaired) electrons. The molecule has 1 aliphatic heterocycles. The summed E-state index contributed by atoms with van der Waals surface area (Å²) in [6, 6.07) is 0. The standard InChI is InChI=1S/C13H21N3O3/c1-13(2,3)19-12(17)16-6-4-10(5-7-16)8-11-14-9-18-15-11/h9-10H,4-8H2,1-3H3. The molecule has 1 aromatic heterocycles. The first-order valence-corrected chi connectivity index (χ1v) is 6.67. The Hall–Kier alpha value is -1.59. The van der Waals surface area contributed by atoms with E-state index in [1.165, 1.54) is 6.39 Å². The second-order valence-electron chi connectivity index (χ2n) is 5.96. The highest BCUT2D eigenvalue weighted by atomic mass is 16.6. The predicted octanol–water partition coefficient (Wildman–Crippen LogP) is 2.26. The molecule has 2 rings (SSSR count). The highest BCUT2D eigenvalue weighted by Gasteiger charge is 2.27. The molecule has 1 fully saturated rings. The van der Waals surface area contributed by atoms with Crippen LogP contribution in [0.3, 0.4) is 0 Å².